The van der Waals surface area contributed by atoms with Crippen molar-refractivity contribution in [1.29, 1.82) is 0 Å². The molecule has 1 aliphatic rings. The minimum atomic E-state index is -0.480. The number of amides is 1. The smallest absolute Gasteiger partial charge is 0.407 e. The zero-order chi connectivity index (χ0) is 16.4. The highest BCUT2D eigenvalue weighted by atomic mass is 16.6. The van der Waals surface area contributed by atoms with Crippen LogP contribution in [0.3, 0.4) is 0 Å². The minimum absolute atomic E-state index is 0.0677. The molecule has 122 valence electrons. The summed E-state index contributed by atoms with van der Waals surface area (Å²) in [6.07, 6.45) is 2.29. The summed E-state index contributed by atoms with van der Waals surface area (Å²) in [5.74, 6) is 0.845. The summed E-state index contributed by atoms with van der Waals surface area (Å²) in [6.45, 7) is 7.13. The molecule has 0 spiro atoms. The van der Waals surface area contributed by atoms with Crippen molar-refractivity contribution < 1.29 is 9.53 Å². The van der Waals surface area contributed by atoms with Crippen LogP contribution in [0.4, 0.5) is 10.6 Å². The van der Waals surface area contributed by atoms with Gasteiger partial charge in [-0.2, -0.15) is 0 Å². The molecule has 0 bridgehead atoms. The predicted octanol–water partition coefficient (Wildman–Crippen LogP) is 2.73. The van der Waals surface area contributed by atoms with Crippen molar-refractivity contribution in [2.45, 2.75) is 38.8 Å². The molecule has 3 rings (SSSR count). The Morgan fingerprint density at radius 3 is 2.78 bits per heavy atom. The standard InChI is InChI=1S/C17H22N4O2/c1-17(2,3)23-16(22)19-12-8-9-21(11-12)15-10-18-13-6-4-5-7-14(13)20-15/h4-7,10,12H,8-9,11H2,1-3H3,(H,19,22)/t12-/m1/s1. The maximum absolute atomic E-state index is 11.9. The summed E-state index contributed by atoms with van der Waals surface area (Å²) in [6, 6.07) is 7.88. The number of hydrogen-bond donors (Lipinski definition) is 1. The molecule has 1 aliphatic heterocycles. The molecule has 1 aromatic heterocycles. The molecule has 1 aromatic carbocycles. The topological polar surface area (TPSA) is 67.3 Å². The quantitative estimate of drug-likeness (QED) is 0.923. The molecule has 2 aromatic rings. The molecular formula is C17H22N4O2. The highest BCUT2D eigenvalue weighted by Crippen LogP contribution is 2.20. The summed E-state index contributed by atoms with van der Waals surface area (Å²) in [7, 11) is 0. The number of carbonyl (C=O) groups excluding carboxylic acids is 1. The Morgan fingerprint density at radius 1 is 1.30 bits per heavy atom. The molecule has 1 N–H and O–H groups in total. The van der Waals surface area contributed by atoms with Crippen LogP contribution in [0.1, 0.15) is 27.2 Å². The molecule has 0 radical (unpaired) electrons. The van der Waals surface area contributed by atoms with Gasteiger partial charge in [0.15, 0.2) is 0 Å². The van der Waals surface area contributed by atoms with Crippen molar-refractivity contribution in [1.82, 2.24) is 15.3 Å². The van der Waals surface area contributed by atoms with Gasteiger partial charge in [-0.15, -0.1) is 0 Å². The predicted molar refractivity (Wildman–Crippen MR) is 89.5 cm³/mol. The summed E-state index contributed by atoms with van der Waals surface area (Å²) in [5, 5.41) is 2.92. The van der Waals surface area contributed by atoms with Crippen molar-refractivity contribution in [3.05, 3.63) is 30.5 Å². The summed E-state index contributed by atoms with van der Waals surface area (Å²) >= 11 is 0. The van der Waals surface area contributed by atoms with Gasteiger partial charge in [-0.05, 0) is 39.3 Å². The first kappa shape index (κ1) is 15.5. The monoisotopic (exact) mass is 314 g/mol. The van der Waals surface area contributed by atoms with E-state index in [9.17, 15) is 4.79 Å². The maximum atomic E-state index is 11.9. The van der Waals surface area contributed by atoms with Crippen LogP contribution in [-0.4, -0.2) is 40.8 Å². The van der Waals surface area contributed by atoms with Crippen LogP contribution in [0, 0.1) is 0 Å². The summed E-state index contributed by atoms with van der Waals surface area (Å²) in [5.41, 5.74) is 1.29. The molecule has 6 nitrogen and oxygen atoms in total. The van der Waals surface area contributed by atoms with E-state index in [-0.39, 0.29) is 12.1 Å². The molecule has 0 aliphatic carbocycles. The fourth-order valence-corrected chi connectivity index (χ4v) is 2.66. The zero-order valence-electron chi connectivity index (χ0n) is 13.7. The lowest BCUT2D eigenvalue weighted by Crippen LogP contribution is -2.40. The number of aromatic nitrogens is 2. The number of nitrogens with one attached hydrogen (secondary N) is 1. The molecule has 1 saturated heterocycles. The van der Waals surface area contributed by atoms with Crippen LogP contribution >= 0.6 is 0 Å². The highest BCUT2D eigenvalue weighted by Gasteiger charge is 2.27. The molecule has 1 amide bonds. The van der Waals surface area contributed by atoms with Crippen LogP contribution in [0.15, 0.2) is 30.5 Å². The average Bonchev–Trinajstić information content (AvgIpc) is 2.93. The molecule has 2 heterocycles. The van der Waals surface area contributed by atoms with E-state index in [1.54, 1.807) is 6.20 Å². The van der Waals surface area contributed by atoms with Gasteiger partial charge in [-0.25, -0.2) is 9.78 Å². The second kappa shape index (κ2) is 6.02. The minimum Gasteiger partial charge on any atom is -0.444 e. The third-order valence-corrected chi connectivity index (χ3v) is 3.67. The van der Waals surface area contributed by atoms with Gasteiger partial charge in [0.2, 0.25) is 0 Å². The number of rotatable bonds is 2. The zero-order valence-corrected chi connectivity index (χ0v) is 13.7. The number of nitrogens with zero attached hydrogens (tertiary/aromatic N) is 3. The Bertz CT molecular complexity index is 711. The Hall–Kier alpha value is -2.37. The Morgan fingerprint density at radius 2 is 2.04 bits per heavy atom. The van der Waals surface area contributed by atoms with E-state index in [1.165, 1.54) is 0 Å². The number of anilines is 1. The van der Waals surface area contributed by atoms with Crippen molar-refractivity contribution in [3.63, 3.8) is 0 Å². The number of ether oxygens (including phenoxy) is 1. The van der Waals surface area contributed by atoms with Gasteiger partial charge in [0, 0.05) is 13.1 Å². The van der Waals surface area contributed by atoms with E-state index >= 15 is 0 Å². The van der Waals surface area contributed by atoms with Crippen molar-refractivity contribution >= 4 is 22.9 Å². The first-order chi connectivity index (χ1) is 10.9. The van der Waals surface area contributed by atoms with Crippen LogP contribution in [-0.2, 0) is 4.74 Å². The highest BCUT2D eigenvalue weighted by molar-refractivity contribution is 5.75. The van der Waals surface area contributed by atoms with Gasteiger partial charge >= 0.3 is 6.09 Å². The van der Waals surface area contributed by atoms with Gasteiger partial charge in [-0.3, -0.25) is 4.98 Å². The number of benzene rings is 1. The van der Waals surface area contributed by atoms with E-state index in [1.807, 2.05) is 45.0 Å². The lowest BCUT2D eigenvalue weighted by Gasteiger charge is -2.22. The van der Waals surface area contributed by atoms with Crippen LogP contribution in [0.5, 0.6) is 0 Å². The molecule has 1 atom stereocenters. The second-order valence-corrected chi connectivity index (χ2v) is 6.79. The van der Waals surface area contributed by atoms with Crippen LogP contribution in [0.2, 0.25) is 0 Å². The Labute approximate surface area is 135 Å². The van der Waals surface area contributed by atoms with Gasteiger partial charge in [0.1, 0.15) is 11.4 Å². The summed E-state index contributed by atoms with van der Waals surface area (Å²) in [4.78, 5) is 23.1. The van der Waals surface area contributed by atoms with E-state index in [0.29, 0.717) is 6.54 Å². The van der Waals surface area contributed by atoms with Crippen molar-refractivity contribution in [2.75, 3.05) is 18.0 Å². The first-order valence-corrected chi connectivity index (χ1v) is 7.87. The number of fused-ring (bicyclic) bond motifs is 1. The second-order valence-electron chi connectivity index (χ2n) is 6.79. The lowest BCUT2D eigenvalue weighted by molar-refractivity contribution is 0.0509. The lowest BCUT2D eigenvalue weighted by atomic mass is 10.2. The van der Waals surface area contributed by atoms with Gasteiger partial charge in [0.25, 0.3) is 0 Å². The third-order valence-electron chi connectivity index (χ3n) is 3.67. The fourth-order valence-electron chi connectivity index (χ4n) is 2.66. The normalized spacial score (nSPS) is 18.2. The third kappa shape index (κ3) is 3.88. The molecule has 6 heteroatoms. The molecule has 1 fully saturated rings. The average molecular weight is 314 g/mol. The number of alkyl carbamates (subject to hydrolysis) is 1. The van der Waals surface area contributed by atoms with Gasteiger partial charge < -0.3 is 15.0 Å². The molecule has 0 unspecified atom stereocenters. The fraction of sp³-hybridized carbons (Fsp3) is 0.471. The SMILES string of the molecule is CC(C)(C)OC(=O)N[C@@H]1CCN(c2cnc3ccccc3n2)C1. The Balaban J connectivity index is 1.63. The Kier molecular flexibility index (Phi) is 4.07. The molecule has 23 heavy (non-hydrogen) atoms. The van der Waals surface area contributed by atoms with E-state index in [4.69, 9.17) is 4.74 Å². The number of hydrogen-bond acceptors (Lipinski definition) is 5. The first-order valence-electron chi connectivity index (χ1n) is 7.87. The van der Waals surface area contributed by atoms with Gasteiger partial charge in [-0.1, -0.05) is 12.1 Å². The largest absolute Gasteiger partial charge is 0.444 e. The van der Waals surface area contributed by atoms with Gasteiger partial charge in [0.05, 0.1) is 23.3 Å². The van der Waals surface area contributed by atoms with E-state index in [2.05, 4.69) is 20.2 Å². The number of para-hydroxylation sites is 2. The molecule has 0 saturated carbocycles. The number of carbonyl (C=O) groups is 1. The van der Waals surface area contributed by atoms with E-state index < -0.39 is 5.60 Å². The van der Waals surface area contributed by atoms with Crippen molar-refractivity contribution in [3.8, 4) is 0 Å². The van der Waals surface area contributed by atoms with E-state index in [0.717, 1.165) is 29.8 Å². The maximum Gasteiger partial charge on any atom is 0.407 e. The van der Waals surface area contributed by atoms with Crippen LogP contribution < -0.4 is 10.2 Å². The summed E-state index contributed by atoms with van der Waals surface area (Å²) < 4.78 is 5.30. The van der Waals surface area contributed by atoms with Crippen LogP contribution in [0.25, 0.3) is 11.0 Å². The van der Waals surface area contributed by atoms with Crippen molar-refractivity contribution in [2.24, 2.45) is 0 Å². The molecular weight excluding hydrogens is 292 g/mol.